The Labute approximate surface area is 151 Å². The largest absolute Gasteiger partial charge is 0.489 e. The van der Waals surface area contributed by atoms with Gasteiger partial charge in [0.1, 0.15) is 6.61 Å². The van der Waals surface area contributed by atoms with Crippen molar-refractivity contribution in [3.8, 4) is 5.75 Å². The number of para-hydroxylation sites is 2. The molecule has 0 aliphatic rings. The predicted octanol–water partition coefficient (Wildman–Crippen LogP) is 4.90. The minimum Gasteiger partial charge on any atom is -0.489 e. The molecule has 3 aromatic carbocycles. The standard InChI is InChI=1S/C22H21N3O/c1-25(2)11-12-26-22-20-15-8-4-6-10-18(15)23-19(20)13-16-14-7-3-5-9-17(14)24-21(16)22/h3-10,13,23-24H,11-12H2,1-2H3. The molecule has 5 rings (SSSR count). The van der Waals surface area contributed by atoms with Gasteiger partial charge in [-0.15, -0.1) is 0 Å². The lowest BCUT2D eigenvalue weighted by Gasteiger charge is -2.13. The van der Waals surface area contributed by atoms with Gasteiger partial charge in [0.15, 0.2) is 5.75 Å². The van der Waals surface area contributed by atoms with Crippen LogP contribution in [-0.2, 0) is 0 Å². The maximum absolute atomic E-state index is 6.35. The van der Waals surface area contributed by atoms with Gasteiger partial charge in [-0.1, -0.05) is 36.4 Å². The molecule has 0 aliphatic heterocycles. The number of nitrogens with zero attached hydrogens (tertiary/aromatic N) is 1. The average molecular weight is 343 g/mol. The van der Waals surface area contributed by atoms with Crippen LogP contribution in [0.4, 0.5) is 0 Å². The number of likely N-dealkylation sites (N-methyl/N-ethyl adjacent to an activating group) is 1. The summed E-state index contributed by atoms with van der Waals surface area (Å²) in [6.45, 7) is 1.52. The quantitative estimate of drug-likeness (QED) is 0.488. The highest BCUT2D eigenvalue weighted by molar-refractivity contribution is 6.21. The average Bonchev–Trinajstić information content (AvgIpc) is 3.19. The van der Waals surface area contributed by atoms with Crippen molar-refractivity contribution in [1.82, 2.24) is 14.9 Å². The van der Waals surface area contributed by atoms with Gasteiger partial charge in [0.05, 0.1) is 16.4 Å². The fourth-order valence-electron chi connectivity index (χ4n) is 3.75. The second-order valence-corrected chi connectivity index (χ2v) is 7.04. The monoisotopic (exact) mass is 343 g/mol. The van der Waals surface area contributed by atoms with Crippen molar-refractivity contribution in [3.63, 3.8) is 0 Å². The lowest BCUT2D eigenvalue weighted by molar-refractivity contribution is 0.266. The number of benzene rings is 3. The molecule has 0 saturated heterocycles. The second-order valence-electron chi connectivity index (χ2n) is 7.04. The van der Waals surface area contributed by atoms with Crippen LogP contribution in [0.15, 0.2) is 54.6 Å². The number of nitrogens with one attached hydrogen (secondary N) is 2. The lowest BCUT2D eigenvalue weighted by atomic mass is 10.1. The van der Waals surface area contributed by atoms with E-state index in [9.17, 15) is 0 Å². The molecule has 2 aromatic heterocycles. The van der Waals surface area contributed by atoms with Crippen LogP contribution in [0.1, 0.15) is 0 Å². The molecule has 2 heterocycles. The SMILES string of the molecule is CN(C)CCOc1c2[nH]c3ccccc3c2cc2[nH]c3ccccc3c12. The molecule has 0 aliphatic carbocycles. The third-order valence-corrected chi connectivity index (χ3v) is 5.01. The van der Waals surface area contributed by atoms with E-state index in [1.54, 1.807) is 0 Å². The maximum Gasteiger partial charge on any atom is 0.153 e. The summed E-state index contributed by atoms with van der Waals surface area (Å²) in [4.78, 5) is 9.28. The van der Waals surface area contributed by atoms with E-state index < -0.39 is 0 Å². The number of hydrogen-bond acceptors (Lipinski definition) is 2. The summed E-state index contributed by atoms with van der Waals surface area (Å²) < 4.78 is 6.35. The Bertz CT molecular complexity index is 1240. The van der Waals surface area contributed by atoms with Gasteiger partial charge < -0.3 is 19.6 Å². The minimum absolute atomic E-state index is 0.649. The molecule has 0 bridgehead atoms. The molecular formula is C22H21N3O. The van der Waals surface area contributed by atoms with Gasteiger partial charge in [-0.25, -0.2) is 0 Å². The molecule has 5 aromatic rings. The zero-order valence-corrected chi connectivity index (χ0v) is 15.0. The van der Waals surface area contributed by atoms with Gasteiger partial charge in [-0.05, 0) is 32.3 Å². The first-order valence-corrected chi connectivity index (χ1v) is 8.94. The zero-order valence-electron chi connectivity index (χ0n) is 15.0. The van der Waals surface area contributed by atoms with Crippen LogP contribution in [0.5, 0.6) is 5.75 Å². The van der Waals surface area contributed by atoms with E-state index in [1.807, 2.05) is 0 Å². The van der Waals surface area contributed by atoms with E-state index >= 15 is 0 Å². The molecule has 0 fully saturated rings. The van der Waals surface area contributed by atoms with Gasteiger partial charge in [0, 0.05) is 33.7 Å². The molecule has 0 unspecified atom stereocenters. The van der Waals surface area contributed by atoms with E-state index in [1.165, 1.54) is 16.2 Å². The Morgan fingerprint density at radius 2 is 1.50 bits per heavy atom. The molecule has 0 amide bonds. The summed E-state index contributed by atoms with van der Waals surface area (Å²) in [6.07, 6.45) is 0. The highest BCUT2D eigenvalue weighted by Gasteiger charge is 2.17. The molecule has 0 spiro atoms. The number of aromatic amines is 2. The summed E-state index contributed by atoms with van der Waals surface area (Å²) in [6, 6.07) is 19.1. The first-order chi connectivity index (χ1) is 12.7. The minimum atomic E-state index is 0.649. The molecule has 0 radical (unpaired) electrons. The molecule has 130 valence electrons. The molecule has 4 nitrogen and oxygen atoms in total. The normalized spacial score (nSPS) is 12.1. The Balaban J connectivity index is 1.85. The second kappa shape index (κ2) is 5.78. The van der Waals surface area contributed by atoms with Crippen LogP contribution in [0.3, 0.4) is 0 Å². The Kier molecular flexibility index (Phi) is 3.40. The number of ether oxygens (including phenoxy) is 1. The van der Waals surface area contributed by atoms with Crippen molar-refractivity contribution in [3.05, 3.63) is 54.6 Å². The van der Waals surface area contributed by atoms with Gasteiger partial charge in [-0.3, -0.25) is 0 Å². The van der Waals surface area contributed by atoms with E-state index in [-0.39, 0.29) is 0 Å². The fourth-order valence-corrected chi connectivity index (χ4v) is 3.75. The van der Waals surface area contributed by atoms with Gasteiger partial charge in [-0.2, -0.15) is 0 Å². The highest BCUT2D eigenvalue weighted by atomic mass is 16.5. The molecule has 0 atom stereocenters. The van der Waals surface area contributed by atoms with Crippen LogP contribution in [0.2, 0.25) is 0 Å². The first kappa shape index (κ1) is 15.3. The molecule has 4 heteroatoms. The van der Waals surface area contributed by atoms with Crippen molar-refractivity contribution >= 4 is 43.6 Å². The van der Waals surface area contributed by atoms with Crippen molar-refractivity contribution in [2.75, 3.05) is 27.2 Å². The lowest BCUT2D eigenvalue weighted by Crippen LogP contribution is -2.19. The van der Waals surface area contributed by atoms with Crippen LogP contribution < -0.4 is 4.74 Å². The highest BCUT2D eigenvalue weighted by Crippen LogP contribution is 2.41. The van der Waals surface area contributed by atoms with E-state index in [4.69, 9.17) is 4.74 Å². The Hall–Kier alpha value is -2.98. The summed E-state index contributed by atoms with van der Waals surface area (Å²) in [5, 5.41) is 4.77. The predicted molar refractivity (Wildman–Crippen MR) is 109 cm³/mol. The smallest absolute Gasteiger partial charge is 0.153 e. The van der Waals surface area contributed by atoms with Gasteiger partial charge in [0.25, 0.3) is 0 Å². The topological polar surface area (TPSA) is 44.0 Å². The Morgan fingerprint density at radius 1 is 0.808 bits per heavy atom. The summed E-state index contributed by atoms with van der Waals surface area (Å²) in [7, 11) is 4.13. The van der Waals surface area contributed by atoms with E-state index in [2.05, 4.69) is 83.6 Å². The summed E-state index contributed by atoms with van der Waals surface area (Å²) in [5.74, 6) is 0.938. The zero-order chi connectivity index (χ0) is 17.7. The third-order valence-electron chi connectivity index (χ3n) is 5.01. The van der Waals surface area contributed by atoms with Gasteiger partial charge in [0.2, 0.25) is 0 Å². The number of hydrogen-bond donors (Lipinski definition) is 2. The fraction of sp³-hybridized carbons (Fsp3) is 0.182. The van der Waals surface area contributed by atoms with Crippen molar-refractivity contribution in [2.45, 2.75) is 0 Å². The number of rotatable bonds is 4. The molecule has 2 N–H and O–H groups in total. The molecule has 26 heavy (non-hydrogen) atoms. The molecule has 0 saturated carbocycles. The van der Waals surface area contributed by atoms with Crippen LogP contribution in [-0.4, -0.2) is 42.1 Å². The van der Waals surface area contributed by atoms with Crippen molar-refractivity contribution in [2.24, 2.45) is 0 Å². The van der Waals surface area contributed by atoms with Crippen LogP contribution in [0, 0.1) is 0 Å². The number of fused-ring (bicyclic) bond motifs is 6. The van der Waals surface area contributed by atoms with E-state index in [0.717, 1.165) is 39.7 Å². The third kappa shape index (κ3) is 2.26. The number of aromatic nitrogens is 2. The summed E-state index contributed by atoms with van der Waals surface area (Å²) >= 11 is 0. The van der Waals surface area contributed by atoms with Crippen LogP contribution >= 0.6 is 0 Å². The first-order valence-electron chi connectivity index (χ1n) is 8.94. The molecular weight excluding hydrogens is 322 g/mol. The Morgan fingerprint density at radius 3 is 2.27 bits per heavy atom. The maximum atomic E-state index is 6.35. The van der Waals surface area contributed by atoms with E-state index in [0.29, 0.717) is 6.61 Å². The summed E-state index contributed by atoms with van der Waals surface area (Å²) in [5.41, 5.74) is 4.46. The number of H-pyrrole nitrogens is 2. The van der Waals surface area contributed by atoms with Crippen molar-refractivity contribution in [1.29, 1.82) is 0 Å². The van der Waals surface area contributed by atoms with Crippen LogP contribution in [0.25, 0.3) is 43.6 Å². The van der Waals surface area contributed by atoms with Crippen molar-refractivity contribution < 1.29 is 4.74 Å². The van der Waals surface area contributed by atoms with Gasteiger partial charge >= 0.3 is 0 Å².